The number of imide groups is 1. The lowest BCUT2D eigenvalue weighted by Gasteiger charge is -2.19. The van der Waals surface area contributed by atoms with Crippen molar-refractivity contribution in [3.8, 4) is 0 Å². The Morgan fingerprint density at radius 3 is 2.38 bits per heavy atom. The summed E-state index contributed by atoms with van der Waals surface area (Å²) >= 11 is 1.77. The van der Waals surface area contributed by atoms with Crippen LogP contribution in [0, 0.1) is 11.8 Å². The van der Waals surface area contributed by atoms with Gasteiger partial charge in [0.05, 0.1) is 11.8 Å². The van der Waals surface area contributed by atoms with E-state index in [1.807, 2.05) is 18.2 Å². The quantitative estimate of drug-likeness (QED) is 0.561. The van der Waals surface area contributed by atoms with Crippen LogP contribution in [-0.2, 0) is 20.1 Å². The minimum absolute atomic E-state index is 0.0640. The zero-order chi connectivity index (χ0) is 18.4. The lowest BCUT2D eigenvalue weighted by atomic mass is 9.81. The van der Waals surface area contributed by atoms with Crippen LogP contribution in [0.5, 0.6) is 0 Å². The smallest absolute Gasteiger partial charge is 0.233 e. The Balaban J connectivity index is 1.32. The number of carbonyl (C=O) groups is 3. The van der Waals surface area contributed by atoms with Crippen LogP contribution >= 0.6 is 11.8 Å². The number of hydrogen-bond donors (Lipinski definition) is 1. The fourth-order valence-electron chi connectivity index (χ4n) is 3.78. The van der Waals surface area contributed by atoms with Crippen molar-refractivity contribution >= 4 is 29.5 Å². The van der Waals surface area contributed by atoms with Gasteiger partial charge in [-0.2, -0.15) is 11.8 Å². The average molecular weight is 375 g/mol. The number of likely N-dealkylation sites (tertiary alicyclic amines) is 1. The molecule has 1 aliphatic carbocycles. The maximum atomic E-state index is 12.4. The monoisotopic (exact) mass is 374 g/mol. The van der Waals surface area contributed by atoms with Crippen molar-refractivity contribution in [1.82, 2.24) is 10.2 Å². The molecule has 1 saturated carbocycles. The molecule has 0 unspecified atom stereocenters. The maximum Gasteiger partial charge on any atom is 0.233 e. The second-order valence-electron chi connectivity index (χ2n) is 6.96. The third-order valence-electron chi connectivity index (χ3n) is 5.18. The molecule has 1 N–H and O–H groups in total. The van der Waals surface area contributed by atoms with Gasteiger partial charge >= 0.3 is 0 Å². The lowest BCUT2D eigenvalue weighted by molar-refractivity contribution is -0.140. The third-order valence-corrected chi connectivity index (χ3v) is 6.21. The second-order valence-corrected chi connectivity index (χ2v) is 8.07. The highest BCUT2D eigenvalue weighted by molar-refractivity contribution is 7.98. The number of carbonyl (C=O) groups excluding carboxylic acids is 3. The number of thioether (sulfide) groups is 1. The molecule has 3 amide bonds. The molecule has 0 bridgehead atoms. The van der Waals surface area contributed by atoms with Crippen molar-refractivity contribution in [3.05, 3.63) is 35.9 Å². The normalized spacial score (nSPS) is 22.4. The van der Waals surface area contributed by atoms with Crippen molar-refractivity contribution in [2.45, 2.75) is 37.9 Å². The van der Waals surface area contributed by atoms with E-state index in [9.17, 15) is 14.4 Å². The van der Waals surface area contributed by atoms with Crippen molar-refractivity contribution in [2.24, 2.45) is 11.8 Å². The standard InChI is InChI=1S/C20H26N2O3S/c23-18(21-11-13-26-14-15-6-2-1-3-7-15)10-12-22-19(24)16-8-4-5-9-17(16)20(22)25/h1-3,6-7,16-17H,4-5,8-14H2,(H,21,23)/t16-,17-/m0/s1. The summed E-state index contributed by atoms with van der Waals surface area (Å²) in [6.07, 6.45) is 3.87. The van der Waals surface area contributed by atoms with E-state index in [1.54, 1.807) is 11.8 Å². The van der Waals surface area contributed by atoms with Gasteiger partial charge in [-0.05, 0) is 18.4 Å². The Morgan fingerprint density at radius 1 is 1.08 bits per heavy atom. The van der Waals surface area contributed by atoms with Crippen molar-refractivity contribution in [3.63, 3.8) is 0 Å². The predicted molar refractivity (Wildman–Crippen MR) is 102 cm³/mol. The molecule has 26 heavy (non-hydrogen) atoms. The van der Waals surface area contributed by atoms with E-state index in [0.29, 0.717) is 6.54 Å². The molecule has 6 heteroatoms. The fraction of sp³-hybridized carbons (Fsp3) is 0.550. The summed E-state index contributed by atoms with van der Waals surface area (Å²) in [5.74, 6) is 1.28. The van der Waals surface area contributed by atoms with Gasteiger partial charge in [0, 0.05) is 31.0 Å². The molecule has 0 spiro atoms. The maximum absolute atomic E-state index is 12.4. The van der Waals surface area contributed by atoms with Gasteiger partial charge < -0.3 is 5.32 Å². The van der Waals surface area contributed by atoms with E-state index in [1.165, 1.54) is 10.5 Å². The van der Waals surface area contributed by atoms with Crippen molar-refractivity contribution in [2.75, 3.05) is 18.8 Å². The van der Waals surface area contributed by atoms with Crippen LogP contribution in [0.25, 0.3) is 0 Å². The van der Waals surface area contributed by atoms with Gasteiger partial charge in [-0.15, -0.1) is 0 Å². The number of rotatable bonds is 8. The van der Waals surface area contributed by atoms with Crippen LogP contribution in [-0.4, -0.2) is 41.5 Å². The summed E-state index contributed by atoms with van der Waals surface area (Å²) in [5.41, 5.74) is 1.27. The molecule has 140 valence electrons. The number of fused-ring (bicyclic) bond motifs is 1. The second kappa shape index (κ2) is 9.21. The molecule has 2 aliphatic rings. The Labute approximate surface area is 158 Å². The highest BCUT2D eigenvalue weighted by Gasteiger charge is 2.47. The van der Waals surface area contributed by atoms with Crippen molar-refractivity contribution in [1.29, 1.82) is 0 Å². The van der Waals surface area contributed by atoms with Gasteiger partial charge in [-0.25, -0.2) is 0 Å². The van der Waals surface area contributed by atoms with Gasteiger partial charge in [0.15, 0.2) is 0 Å². The summed E-state index contributed by atoms with van der Waals surface area (Å²) in [6.45, 7) is 0.817. The Morgan fingerprint density at radius 2 is 1.73 bits per heavy atom. The van der Waals surface area contributed by atoms with Crippen molar-refractivity contribution < 1.29 is 14.4 Å². The summed E-state index contributed by atoms with van der Waals surface area (Å²) in [4.78, 5) is 38.0. The first-order valence-electron chi connectivity index (χ1n) is 9.40. The highest BCUT2D eigenvalue weighted by Crippen LogP contribution is 2.37. The molecule has 1 aliphatic heterocycles. The van der Waals surface area contributed by atoms with E-state index in [4.69, 9.17) is 0 Å². The molecule has 5 nitrogen and oxygen atoms in total. The minimum Gasteiger partial charge on any atom is -0.355 e. The van der Waals surface area contributed by atoms with Crippen LogP contribution in [0.4, 0.5) is 0 Å². The number of benzene rings is 1. The molecule has 2 fully saturated rings. The molecule has 1 aromatic rings. The minimum atomic E-state index is -0.131. The Kier molecular flexibility index (Phi) is 6.72. The van der Waals surface area contributed by atoms with Gasteiger partial charge in [0.2, 0.25) is 17.7 Å². The lowest BCUT2D eigenvalue weighted by Crippen LogP contribution is -2.36. The summed E-state index contributed by atoms with van der Waals surface area (Å²) < 4.78 is 0. The molecule has 1 aromatic carbocycles. The fourth-order valence-corrected chi connectivity index (χ4v) is 4.60. The third kappa shape index (κ3) is 4.67. The molecule has 1 heterocycles. The van der Waals surface area contributed by atoms with Gasteiger partial charge in [-0.3, -0.25) is 19.3 Å². The van der Waals surface area contributed by atoms with Gasteiger partial charge in [-0.1, -0.05) is 43.2 Å². The van der Waals surface area contributed by atoms with Crippen LogP contribution in [0.3, 0.4) is 0 Å². The topological polar surface area (TPSA) is 66.5 Å². The number of amides is 3. The zero-order valence-electron chi connectivity index (χ0n) is 15.0. The van der Waals surface area contributed by atoms with E-state index < -0.39 is 0 Å². The number of nitrogens with zero attached hydrogens (tertiary/aromatic N) is 1. The highest BCUT2D eigenvalue weighted by atomic mass is 32.2. The summed E-state index contributed by atoms with van der Waals surface area (Å²) in [7, 11) is 0. The molecule has 0 radical (unpaired) electrons. The molecule has 3 rings (SSSR count). The molecule has 0 aromatic heterocycles. The van der Waals surface area contributed by atoms with E-state index >= 15 is 0 Å². The van der Waals surface area contributed by atoms with Crippen LogP contribution in [0.2, 0.25) is 0 Å². The first-order valence-corrected chi connectivity index (χ1v) is 10.6. The van der Waals surface area contributed by atoms with E-state index in [2.05, 4.69) is 17.4 Å². The molecule has 2 atom stereocenters. The van der Waals surface area contributed by atoms with Crippen LogP contribution in [0.15, 0.2) is 30.3 Å². The van der Waals surface area contributed by atoms with E-state index in [-0.39, 0.29) is 42.5 Å². The van der Waals surface area contributed by atoms with E-state index in [0.717, 1.165) is 37.2 Å². The van der Waals surface area contributed by atoms with Crippen LogP contribution in [0.1, 0.15) is 37.7 Å². The first-order chi connectivity index (χ1) is 12.7. The molecular formula is C20H26N2O3S. The Bertz CT molecular complexity index is 626. The predicted octanol–water partition coefficient (Wildman–Crippen LogP) is 2.60. The summed E-state index contributed by atoms with van der Waals surface area (Å²) in [6, 6.07) is 10.2. The van der Waals surface area contributed by atoms with Gasteiger partial charge in [0.25, 0.3) is 0 Å². The zero-order valence-corrected chi connectivity index (χ0v) is 15.8. The largest absolute Gasteiger partial charge is 0.355 e. The average Bonchev–Trinajstić information content (AvgIpc) is 2.91. The van der Waals surface area contributed by atoms with Crippen LogP contribution < -0.4 is 5.32 Å². The van der Waals surface area contributed by atoms with Gasteiger partial charge in [0.1, 0.15) is 0 Å². The Hall–Kier alpha value is -1.82. The molecule has 1 saturated heterocycles. The molecular weight excluding hydrogens is 348 g/mol. The SMILES string of the molecule is O=C(CCN1C(=O)[C@H]2CCCC[C@@H]2C1=O)NCCSCc1ccccc1. The number of nitrogens with one attached hydrogen (secondary N) is 1. The number of hydrogen-bond acceptors (Lipinski definition) is 4. The first kappa shape index (κ1) is 19.0. The summed E-state index contributed by atoms with van der Waals surface area (Å²) in [5, 5.41) is 2.88.